The predicted octanol–water partition coefficient (Wildman–Crippen LogP) is 1.50. The Kier molecular flexibility index (Phi) is 2.90. The van der Waals surface area contributed by atoms with E-state index in [-0.39, 0.29) is 11.2 Å². The molecule has 0 bridgehead atoms. The number of esters is 1. The van der Waals surface area contributed by atoms with Gasteiger partial charge in [0.05, 0.1) is 6.61 Å². The molecule has 0 aliphatic carbocycles. The van der Waals surface area contributed by atoms with Crippen LogP contribution >= 0.6 is 11.8 Å². The summed E-state index contributed by atoms with van der Waals surface area (Å²) < 4.78 is 4.88. The zero-order valence-electron chi connectivity index (χ0n) is 8.69. The van der Waals surface area contributed by atoms with Crippen LogP contribution in [0.2, 0.25) is 0 Å². The number of hydrogen-bond acceptors (Lipinski definition) is 5. The van der Waals surface area contributed by atoms with Crippen LogP contribution in [0.3, 0.4) is 0 Å². The fourth-order valence-electron chi connectivity index (χ4n) is 1.46. The van der Waals surface area contributed by atoms with Crippen molar-refractivity contribution in [1.29, 1.82) is 0 Å². The second kappa shape index (κ2) is 4.18. The Bertz CT molecular complexity index is 375. The summed E-state index contributed by atoms with van der Waals surface area (Å²) in [5, 5.41) is 0.530. The lowest BCUT2D eigenvalue weighted by molar-refractivity contribution is -0.137. The van der Waals surface area contributed by atoms with Crippen LogP contribution in [0.15, 0.2) is 11.2 Å². The first-order valence-corrected chi connectivity index (χ1v) is 5.69. The van der Waals surface area contributed by atoms with Crippen molar-refractivity contribution < 1.29 is 9.53 Å². The molecule has 2 heterocycles. The number of carbonyl (C=O) groups excluding carboxylic acids is 1. The fraction of sp³-hybridized carbons (Fsp3) is 0.500. The van der Waals surface area contributed by atoms with Crippen molar-refractivity contribution in [1.82, 2.24) is 9.97 Å². The molecule has 0 saturated carbocycles. The molecule has 4 nitrogen and oxygen atoms in total. The van der Waals surface area contributed by atoms with E-state index in [1.165, 1.54) is 11.8 Å². The molecular formula is C10H12N2O2S. The van der Waals surface area contributed by atoms with Crippen LogP contribution in [0.25, 0.3) is 0 Å². The number of cyclic esters (lactones) is 1. The van der Waals surface area contributed by atoms with E-state index in [2.05, 4.69) is 9.97 Å². The molecule has 0 spiro atoms. The van der Waals surface area contributed by atoms with E-state index >= 15 is 0 Å². The number of rotatable bonds is 2. The van der Waals surface area contributed by atoms with E-state index in [0.29, 0.717) is 11.8 Å². The lowest BCUT2D eigenvalue weighted by Crippen LogP contribution is -2.10. The van der Waals surface area contributed by atoms with Crippen molar-refractivity contribution >= 4 is 17.7 Å². The van der Waals surface area contributed by atoms with E-state index in [9.17, 15) is 4.79 Å². The maximum Gasteiger partial charge on any atom is 0.319 e. The molecule has 1 atom stereocenters. The monoisotopic (exact) mass is 224 g/mol. The summed E-state index contributed by atoms with van der Waals surface area (Å²) >= 11 is 1.39. The highest BCUT2D eigenvalue weighted by atomic mass is 32.2. The number of aromatic nitrogens is 2. The Balaban J connectivity index is 2.13. The van der Waals surface area contributed by atoms with Gasteiger partial charge in [0, 0.05) is 17.8 Å². The van der Waals surface area contributed by atoms with Crippen molar-refractivity contribution in [3.8, 4) is 0 Å². The van der Waals surface area contributed by atoms with E-state index in [0.717, 1.165) is 17.8 Å². The van der Waals surface area contributed by atoms with E-state index in [4.69, 9.17) is 4.74 Å². The third kappa shape index (κ3) is 2.47. The first-order chi connectivity index (χ1) is 7.15. The minimum atomic E-state index is -0.150. The molecule has 5 heteroatoms. The molecule has 0 aromatic carbocycles. The van der Waals surface area contributed by atoms with Crippen molar-refractivity contribution in [2.45, 2.75) is 30.7 Å². The molecule has 2 rings (SSSR count). The van der Waals surface area contributed by atoms with Gasteiger partial charge in [-0.3, -0.25) is 4.79 Å². The second-order valence-corrected chi connectivity index (χ2v) is 4.67. The van der Waals surface area contributed by atoms with Crippen LogP contribution < -0.4 is 0 Å². The van der Waals surface area contributed by atoms with Gasteiger partial charge in [-0.25, -0.2) is 9.97 Å². The molecule has 0 amide bonds. The summed E-state index contributed by atoms with van der Waals surface area (Å²) in [7, 11) is 0. The lowest BCUT2D eigenvalue weighted by atomic mass is 10.4. The molecule has 1 aliphatic rings. The summed E-state index contributed by atoms with van der Waals surface area (Å²) in [6.07, 6.45) is 0.750. The van der Waals surface area contributed by atoms with Gasteiger partial charge in [0.2, 0.25) is 0 Å². The minimum absolute atomic E-state index is 0.133. The van der Waals surface area contributed by atoms with Crippen LogP contribution in [-0.2, 0) is 9.53 Å². The van der Waals surface area contributed by atoms with Crippen molar-refractivity contribution in [3.05, 3.63) is 17.5 Å². The molecule has 1 aromatic heterocycles. The quantitative estimate of drug-likeness (QED) is 0.563. The summed E-state index contributed by atoms with van der Waals surface area (Å²) in [6.45, 7) is 4.36. The number of nitrogens with zero attached hydrogens (tertiary/aromatic N) is 2. The first kappa shape index (κ1) is 10.4. The van der Waals surface area contributed by atoms with Gasteiger partial charge >= 0.3 is 5.97 Å². The van der Waals surface area contributed by atoms with Gasteiger partial charge in [0.25, 0.3) is 0 Å². The molecule has 0 radical (unpaired) electrons. The third-order valence-electron chi connectivity index (χ3n) is 2.10. The van der Waals surface area contributed by atoms with Crippen molar-refractivity contribution in [3.63, 3.8) is 0 Å². The smallest absolute Gasteiger partial charge is 0.319 e. The lowest BCUT2D eigenvalue weighted by Gasteiger charge is -2.05. The van der Waals surface area contributed by atoms with Gasteiger partial charge in [0.15, 0.2) is 5.16 Å². The largest absolute Gasteiger partial charge is 0.465 e. The summed E-state index contributed by atoms with van der Waals surface area (Å²) in [6, 6.07) is 1.91. The van der Waals surface area contributed by atoms with E-state index in [1.54, 1.807) is 0 Å². The number of hydrogen-bond donors (Lipinski definition) is 0. The molecule has 0 N–H and O–H groups in total. The Morgan fingerprint density at radius 3 is 2.60 bits per heavy atom. The highest BCUT2D eigenvalue weighted by molar-refractivity contribution is 8.00. The molecular weight excluding hydrogens is 212 g/mol. The third-order valence-corrected chi connectivity index (χ3v) is 3.20. The second-order valence-electron chi connectivity index (χ2n) is 3.50. The number of thioether (sulfide) groups is 1. The maximum absolute atomic E-state index is 11.2. The zero-order chi connectivity index (χ0) is 10.8. The molecule has 15 heavy (non-hydrogen) atoms. The van der Waals surface area contributed by atoms with Gasteiger partial charge in [-0.15, -0.1) is 0 Å². The normalized spacial score (nSPS) is 20.4. The summed E-state index contributed by atoms with van der Waals surface area (Å²) in [5.41, 5.74) is 1.85. The van der Waals surface area contributed by atoms with Crippen molar-refractivity contribution in [2.75, 3.05) is 6.61 Å². The summed E-state index contributed by atoms with van der Waals surface area (Å²) in [5.74, 6) is -0.150. The molecule has 80 valence electrons. The molecule has 1 saturated heterocycles. The number of aryl methyl sites for hydroxylation is 2. The maximum atomic E-state index is 11.2. The first-order valence-electron chi connectivity index (χ1n) is 4.81. The van der Waals surface area contributed by atoms with Gasteiger partial charge in [-0.1, -0.05) is 11.8 Å². The molecule has 0 unspecified atom stereocenters. The minimum Gasteiger partial charge on any atom is -0.465 e. The van der Waals surface area contributed by atoms with Gasteiger partial charge in [0.1, 0.15) is 5.25 Å². The van der Waals surface area contributed by atoms with Gasteiger partial charge < -0.3 is 4.74 Å². The van der Waals surface area contributed by atoms with Crippen LogP contribution in [0.5, 0.6) is 0 Å². The highest BCUT2D eigenvalue weighted by Gasteiger charge is 2.28. The van der Waals surface area contributed by atoms with Gasteiger partial charge in [-0.05, 0) is 19.9 Å². The van der Waals surface area contributed by atoms with Crippen LogP contribution in [0.1, 0.15) is 17.8 Å². The standard InChI is InChI=1S/C10H12N2O2S/c1-6-5-7(2)12-10(11-6)15-8-3-4-14-9(8)13/h5,8H,3-4H2,1-2H3/t8-/m1/s1. The zero-order valence-corrected chi connectivity index (χ0v) is 9.50. The van der Waals surface area contributed by atoms with Gasteiger partial charge in [-0.2, -0.15) is 0 Å². The average molecular weight is 224 g/mol. The van der Waals surface area contributed by atoms with Crippen LogP contribution in [0.4, 0.5) is 0 Å². The Morgan fingerprint density at radius 2 is 2.07 bits per heavy atom. The highest BCUT2D eigenvalue weighted by Crippen LogP contribution is 2.27. The van der Waals surface area contributed by atoms with Crippen LogP contribution in [-0.4, -0.2) is 27.8 Å². The average Bonchev–Trinajstić information content (AvgIpc) is 2.50. The Hall–Kier alpha value is -1.10. The Labute approximate surface area is 92.5 Å². The molecule has 1 aromatic rings. The molecule has 1 fully saturated rings. The Morgan fingerprint density at radius 1 is 1.40 bits per heavy atom. The van der Waals surface area contributed by atoms with E-state index < -0.39 is 0 Å². The van der Waals surface area contributed by atoms with Crippen molar-refractivity contribution in [2.24, 2.45) is 0 Å². The van der Waals surface area contributed by atoms with E-state index in [1.807, 2.05) is 19.9 Å². The number of ether oxygens (including phenoxy) is 1. The van der Waals surface area contributed by atoms with Crippen LogP contribution in [0, 0.1) is 13.8 Å². The predicted molar refractivity (Wildman–Crippen MR) is 56.7 cm³/mol. The molecule has 1 aliphatic heterocycles. The fourth-order valence-corrected chi connectivity index (χ4v) is 2.48. The SMILES string of the molecule is Cc1cc(C)nc(S[C@@H]2CCOC2=O)n1. The summed E-state index contributed by atoms with van der Waals surface area (Å²) in [4.78, 5) is 19.8. The topological polar surface area (TPSA) is 52.1 Å². The number of carbonyl (C=O) groups is 1.